The number of sulfonamides is 1. The molecule has 0 unspecified atom stereocenters. The van der Waals surface area contributed by atoms with E-state index in [4.69, 9.17) is 33.1 Å². The normalized spacial score (nSPS) is 12.5. The summed E-state index contributed by atoms with van der Waals surface area (Å²) in [6.45, 7) is 0. The lowest BCUT2D eigenvalue weighted by Crippen LogP contribution is -2.42. The third-order valence-electron chi connectivity index (χ3n) is 3.42. The van der Waals surface area contributed by atoms with Crippen LogP contribution in [0.5, 0.6) is 0 Å². The number of hydrogen-bond donors (Lipinski definition) is 5. The molecule has 1 aromatic carbocycles. The highest BCUT2D eigenvalue weighted by atomic mass is 35.5. The molecule has 6 N–H and O–H groups in total. The van der Waals surface area contributed by atoms with Crippen molar-refractivity contribution in [1.29, 1.82) is 5.41 Å². The minimum absolute atomic E-state index is 0.243. The van der Waals surface area contributed by atoms with Crippen LogP contribution in [0, 0.1) is 5.41 Å². The van der Waals surface area contributed by atoms with E-state index in [0.717, 1.165) is 4.42 Å². The second kappa shape index (κ2) is 7.73. The molecule has 0 radical (unpaired) electrons. The number of halogens is 1. The van der Waals surface area contributed by atoms with Crippen LogP contribution in [-0.4, -0.2) is 47.6 Å². The zero-order valence-electron chi connectivity index (χ0n) is 13.5. The Bertz CT molecular complexity index is 1030. The molecule has 1 aromatic heterocycles. The van der Waals surface area contributed by atoms with Crippen LogP contribution in [0.1, 0.15) is 6.42 Å². The fraction of sp³-hybridized carbons (Fsp3) is 0.143. The minimum Gasteiger partial charge on any atom is -0.481 e. The first kappa shape index (κ1) is 20.4. The number of rotatable bonds is 7. The predicted octanol–water partition coefficient (Wildman–Crippen LogP) is 0.295. The van der Waals surface area contributed by atoms with Gasteiger partial charge in [0.25, 0.3) is 0 Å². The van der Waals surface area contributed by atoms with Gasteiger partial charge < -0.3 is 15.9 Å². The molecule has 0 amide bonds. The van der Waals surface area contributed by atoms with Crippen LogP contribution in [0.15, 0.2) is 35.5 Å². The summed E-state index contributed by atoms with van der Waals surface area (Å²) in [6, 6.07) is 1.94. The number of carbonyl (C=O) groups is 2. The molecule has 11 nitrogen and oxygen atoms in total. The summed E-state index contributed by atoms with van der Waals surface area (Å²) < 4.78 is 27.5. The first-order valence-corrected chi connectivity index (χ1v) is 8.99. The van der Waals surface area contributed by atoms with Crippen molar-refractivity contribution in [2.45, 2.75) is 17.4 Å². The summed E-state index contributed by atoms with van der Waals surface area (Å²) in [5, 5.41) is 25.8. The van der Waals surface area contributed by atoms with Gasteiger partial charge in [0, 0.05) is 28.7 Å². The maximum Gasteiger partial charge on any atom is 0.322 e. The number of hydrogen-bond acceptors (Lipinski definition) is 6. The van der Waals surface area contributed by atoms with Gasteiger partial charge in [-0.2, -0.15) is 4.72 Å². The van der Waals surface area contributed by atoms with Gasteiger partial charge in [0.1, 0.15) is 6.04 Å². The number of carboxylic acids is 2. The monoisotopic (exact) mass is 415 g/mol. The van der Waals surface area contributed by atoms with Gasteiger partial charge in [-0.3, -0.25) is 20.0 Å². The van der Waals surface area contributed by atoms with Crippen molar-refractivity contribution in [1.82, 2.24) is 9.71 Å². The van der Waals surface area contributed by atoms with Gasteiger partial charge in [0.05, 0.1) is 23.2 Å². The number of guanidine groups is 1. The van der Waals surface area contributed by atoms with Gasteiger partial charge in [0.2, 0.25) is 16.0 Å². The number of nitrogens with zero attached hydrogens (tertiary/aromatic N) is 2. The number of nitrogens with one attached hydrogen (secondary N) is 2. The summed E-state index contributed by atoms with van der Waals surface area (Å²) in [5.41, 5.74) is 5.56. The molecular weight excluding hydrogens is 402 g/mol. The lowest BCUT2D eigenvalue weighted by Gasteiger charge is -2.16. The Hall–Kier alpha value is -2.96. The van der Waals surface area contributed by atoms with Gasteiger partial charge in [-0.05, 0) is 12.1 Å². The largest absolute Gasteiger partial charge is 0.481 e. The Kier molecular flexibility index (Phi) is 5.83. The SMILES string of the molecule is N=C(N)N(Cl)c1cncc2cc(S(=O)(=O)N[C@H](CC(=O)O)C(=O)O)ccc12. The van der Waals surface area contributed by atoms with Crippen LogP contribution in [0.4, 0.5) is 5.69 Å². The first-order chi connectivity index (χ1) is 12.5. The second-order valence-electron chi connectivity index (χ2n) is 5.32. The van der Waals surface area contributed by atoms with Crippen LogP contribution >= 0.6 is 11.8 Å². The highest BCUT2D eigenvalue weighted by molar-refractivity contribution is 7.89. The fourth-order valence-corrected chi connectivity index (χ4v) is 3.56. The second-order valence-corrected chi connectivity index (χ2v) is 7.37. The Morgan fingerprint density at radius 3 is 2.56 bits per heavy atom. The minimum atomic E-state index is -4.33. The lowest BCUT2D eigenvalue weighted by molar-refractivity contribution is -0.145. The molecule has 0 aliphatic heterocycles. The molecule has 0 saturated carbocycles. The van der Waals surface area contributed by atoms with E-state index < -0.39 is 40.4 Å². The van der Waals surface area contributed by atoms with E-state index in [1.54, 1.807) is 0 Å². The highest BCUT2D eigenvalue weighted by Crippen LogP contribution is 2.28. The van der Waals surface area contributed by atoms with Crippen molar-refractivity contribution in [3.8, 4) is 0 Å². The van der Waals surface area contributed by atoms with E-state index >= 15 is 0 Å². The van der Waals surface area contributed by atoms with Crippen LogP contribution < -0.4 is 14.9 Å². The molecule has 144 valence electrons. The number of benzene rings is 1. The molecule has 0 fully saturated rings. The molecule has 0 bridgehead atoms. The molecule has 13 heteroatoms. The number of anilines is 1. The maximum absolute atomic E-state index is 12.4. The number of aromatic nitrogens is 1. The van der Waals surface area contributed by atoms with Crippen molar-refractivity contribution < 1.29 is 28.2 Å². The smallest absolute Gasteiger partial charge is 0.322 e. The van der Waals surface area contributed by atoms with Gasteiger partial charge in [-0.1, -0.05) is 6.07 Å². The number of nitrogens with two attached hydrogens (primary N) is 1. The Morgan fingerprint density at radius 1 is 1.33 bits per heavy atom. The quantitative estimate of drug-likeness (QED) is 0.240. The molecule has 27 heavy (non-hydrogen) atoms. The Morgan fingerprint density at radius 2 is 2.00 bits per heavy atom. The molecule has 2 aromatic rings. The lowest BCUT2D eigenvalue weighted by atomic mass is 10.1. The average molecular weight is 416 g/mol. The van der Waals surface area contributed by atoms with Gasteiger partial charge in [-0.15, -0.1) is 0 Å². The Labute approximate surface area is 158 Å². The Balaban J connectivity index is 2.45. The highest BCUT2D eigenvalue weighted by Gasteiger charge is 2.28. The molecule has 1 heterocycles. The van der Waals surface area contributed by atoms with Crippen molar-refractivity contribution in [3.63, 3.8) is 0 Å². The summed E-state index contributed by atoms with van der Waals surface area (Å²) in [6.07, 6.45) is 1.75. The van der Waals surface area contributed by atoms with Crippen molar-refractivity contribution in [2.24, 2.45) is 5.73 Å². The summed E-state index contributed by atoms with van der Waals surface area (Å²) in [5.74, 6) is -3.56. The molecule has 1 atom stereocenters. The predicted molar refractivity (Wildman–Crippen MR) is 96.0 cm³/mol. The number of pyridine rings is 1. The molecular formula is C14H14ClN5O6S. The number of aliphatic carboxylic acids is 2. The summed E-state index contributed by atoms with van der Waals surface area (Å²) in [4.78, 5) is 25.4. The third kappa shape index (κ3) is 4.61. The average Bonchev–Trinajstić information content (AvgIpc) is 2.58. The van der Waals surface area contributed by atoms with E-state index in [1.165, 1.54) is 30.6 Å². The van der Waals surface area contributed by atoms with Crippen LogP contribution in [-0.2, 0) is 19.6 Å². The molecule has 0 saturated heterocycles. The molecule has 0 aliphatic carbocycles. The van der Waals surface area contributed by atoms with Crippen molar-refractivity contribution >= 4 is 56.2 Å². The summed E-state index contributed by atoms with van der Waals surface area (Å²) >= 11 is 5.89. The third-order valence-corrected chi connectivity index (χ3v) is 5.25. The zero-order valence-corrected chi connectivity index (χ0v) is 15.0. The molecule has 0 aliphatic rings. The molecule has 0 spiro atoms. The van der Waals surface area contributed by atoms with Crippen molar-refractivity contribution in [2.75, 3.05) is 4.42 Å². The number of carboxylic acid groups (broad SMARTS) is 2. The van der Waals surface area contributed by atoms with E-state index in [0.29, 0.717) is 10.8 Å². The van der Waals surface area contributed by atoms with E-state index in [1.807, 2.05) is 4.72 Å². The number of fused-ring (bicyclic) bond motifs is 1. The standard InChI is InChI=1S/C14H14ClN5O6S/c15-20(14(16)17)11-6-18-5-7-3-8(1-2-9(7)11)27(25,26)19-10(13(23)24)4-12(21)22/h1-3,5-6,10,19H,4H2,(H3,16,17)(H,21,22)(H,23,24)/t10-/m1/s1. The van der Waals surface area contributed by atoms with E-state index in [-0.39, 0.29) is 10.6 Å². The van der Waals surface area contributed by atoms with Crippen LogP contribution in [0.3, 0.4) is 0 Å². The van der Waals surface area contributed by atoms with E-state index in [2.05, 4.69) is 4.98 Å². The fourth-order valence-electron chi connectivity index (χ4n) is 2.20. The molecule has 2 rings (SSSR count). The van der Waals surface area contributed by atoms with Gasteiger partial charge in [-0.25, -0.2) is 12.8 Å². The zero-order chi connectivity index (χ0) is 20.4. The van der Waals surface area contributed by atoms with E-state index in [9.17, 15) is 18.0 Å². The van der Waals surface area contributed by atoms with Gasteiger partial charge >= 0.3 is 11.9 Å². The topological polar surface area (TPSA) is 187 Å². The summed E-state index contributed by atoms with van der Waals surface area (Å²) in [7, 11) is -4.33. The van der Waals surface area contributed by atoms with Crippen LogP contribution in [0.2, 0.25) is 0 Å². The van der Waals surface area contributed by atoms with Gasteiger partial charge in [0.15, 0.2) is 0 Å². The maximum atomic E-state index is 12.4. The van der Waals surface area contributed by atoms with Crippen LogP contribution in [0.25, 0.3) is 10.8 Å². The first-order valence-electron chi connectivity index (χ1n) is 7.17. The van der Waals surface area contributed by atoms with Crippen molar-refractivity contribution in [3.05, 3.63) is 30.6 Å².